The van der Waals surface area contributed by atoms with E-state index in [0.29, 0.717) is 55.0 Å². The Bertz CT molecular complexity index is 957. The molecule has 13 heteroatoms. The van der Waals surface area contributed by atoms with Crippen LogP contribution in [0.2, 0.25) is 0 Å². The maximum Gasteiger partial charge on any atom is 0.282 e. The van der Waals surface area contributed by atoms with Crippen molar-refractivity contribution in [2.24, 2.45) is 0 Å². The van der Waals surface area contributed by atoms with Gasteiger partial charge in [0.05, 0.1) is 18.9 Å². The van der Waals surface area contributed by atoms with Crippen LogP contribution in [-0.4, -0.2) is 95.1 Å². The molecule has 2 unspecified atom stereocenters. The molecule has 1 aromatic heterocycles. The summed E-state index contributed by atoms with van der Waals surface area (Å²) >= 11 is 6.83. The lowest BCUT2D eigenvalue weighted by molar-refractivity contribution is -0.116. The third kappa shape index (κ3) is 5.18. The number of piperazine rings is 1. The quantitative estimate of drug-likeness (QED) is 0.552. The lowest BCUT2D eigenvalue weighted by Gasteiger charge is -2.40. The summed E-state index contributed by atoms with van der Waals surface area (Å²) in [5.41, 5.74) is 0. The van der Waals surface area contributed by atoms with Gasteiger partial charge in [-0.2, -0.15) is 17.0 Å². The zero-order valence-corrected chi connectivity index (χ0v) is 20.6. The zero-order valence-electron chi connectivity index (χ0n) is 18.1. The Kier molecular flexibility index (Phi) is 6.83. The molecule has 3 aliphatic rings. The summed E-state index contributed by atoms with van der Waals surface area (Å²) in [5, 5.41) is 5.23. The molecule has 1 aliphatic carbocycles. The van der Waals surface area contributed by atoms with Crippen molar-refractivity contribution in [2.75, 3.05) is 44.2 Å². The Morgan fingerprint density at radius 3 is 2.32 bits per heavy atom. The van der Waals surface area contributed by atoms with Crippen LogP contribution in [0.5, 0.6) is 0 Å². The number of carbonyl (C=O) groups excluding carboxylic acids is 1. The molecule has 2 saturated heterocycles. The molecule has 3 fully saturated rings. The molecule has 2 atom stereocenters. The van der Waals surface area contributed by atoms with Crippen LogP contribution in [-0.2, 0) is 26.4 Å². The Morgan fingerprint density at radius 2 is 1.77 bits per heavy atom. The van der Waals surface area contributed by atoms with Crippen molar-refractivity contribution in [3.63, 3.8) is 0 Å². The molecule has 0 bridgehead atoms. The van der Waals surface area contributed by atoms with Crippen molar-refractivity contribution in [1.29, 1.82) is 0 Å². The van der Waals surface area contributed by atoms with Crippen molar-refractivity contribution in [3.05, 3.63) is 3.95 Å². The van der Waals surface area contributed by atoms with Crippen LogP contribution in [0.15, 0.2) is 0 Å². The summed E-state index contributed by atoms with van der Waals surface area (Å²) in [6, 6.07) is 0.242. The molecule has 31 heavy (non-hydrogen) atoms. The van der Waals surface area contributed by atoms with Gasteiger partial charge >= 0.3 is 0 Å². The predicted octanol–water partition coefficient (Wildman–Crippen LogP) is 1.12. The van der Waals surface area contributed by atoms with Gasteiger partial charge in [-0.05, 0) is 38.9 Å². The first kappa shape index (κ1) is 23.2. The molecule has 1 amide bonds. The highest BCUT2D eigenvalue weighted by Gasteiger charge is 2.37. The minimum atomic E-state index is -3.50. The number of morpholine rings is 1. The zero-order chi connectivity index (χ0) is 22.3. The normalized spacial score (nSPS) is 26.8. The molecule has 174 valence electrons. The minimum Gasteiger partial charge on any atom is -0.373 e. The molecular weight excluding hydrogens is 460 g/mol. The van der Waals surface area contributed by atoms with Crippen LogP contribution in [0.25, 0.3) is 0 Å². The van der Waals surface area contributed by atoms with E-state index >= 15 is 0 Å². The standard InChI is InChI=1S/C18H30N6O4S3/c1-13-10-22(11-14(2)28-13)31(26,27)21-8-6-20(7-9-21)12-23-18(29)30-17(19-23)24(15(3)25)16-4-5-16/h13-14,16H,4-12H2,1-3H3. The molecule has 2 aliphatic heterocycles. The molecular formula is C18H30N6O4S3. The highest BCUT2D eigenvalue weighted by Crippen LogP contribution is 2.33. The molecule has 10 nitrogen and oxygen atoms in total. The van der Waals surface area contributed by atoms with E-state index in [1.807, 2.05) is 13.8 Å². The summed E-state index contributed by atoms with van der Waals surface area (Å²) in [6.07, 6.45) is 1.79. The first-order chi connectivity index (χ1) is 14.6. The number of carbonyl (C=O) groups is 1. The number of nitrogens with zero attached hydrogens (tertiary/aromatic N) is 6. The molecule has 3 heterocycles. The Balaban J connectivity index is 1.36. The number of hydrogen-bond acceptors (Lipinski definition) is 8. The lowest BCUT2D eigenvalue weighted by Crippen LogP contribution is -2.57. The predicted molar refractivity (Wildman–Crippen MR) is 121 cm³/mol. The van der Waals surface area contributed by atoms with E-state index in [1.54, 1.807) is 25.1 Å². The topological polar surface area (TPSA) is 91.2 Å². The number of aromatic nitrogens is 2. The van der Waals surface area contributed by atoms with E-state index in [0.717, 1.165) is 12.8 Å². The molecule has 1 aromatic rings. The van der Waals surface area contributed by atoms with Gasteiger partial charge in [0.25, 0.3) is 10.2 Å². The van der Waals surface area contributed by atoms with Gasteiger partial charge in [-0.25, -0.2) is 4.68 Å². The molecule has 0 spiro atoms. The van der Waals surface area contributed by atoms with Crippen LogP contribution < -0.4 is 4.90 Å². The number of amides is 1. The molecule has 0 radical (unpaired) electrons. The van der Waals surface area contributed by atoms with Gasteiger partial charge in [0.1, 0.15) is 0 Å². The average molecular weight is 491 g/mol. The maximum atomic E-state index is 13.1. The van der Waals surface area contributed by atoms with Crippen molar-refractivity contribution >= 4 is 44.8 Å². The van der Waals surface area contributed by atoms with Crippen molar-refractivity contribution in [3.8, 4) is 0 Å². The number of rotatable bonds is 6. The minimum absolute atomic E-state index is 0.0102. The fraction of sp³-hybridized carbons (Fsp3) is 0.833. The lowest BCUT2D eigenvalue weighted by atomic mass is 10.3. The number of ether oxygens (including phenoxy) is 1. The highest BCUT2D eigenvalue weighted by atomic mass is 32.2. The van der Waals surface area contributed by atoms with Gasteiger partial charge in [0, 0.05) is 52.2 Å². The van der Waals surface area contributed by atoms with Crippen LogP contribution in [0.4, 0.5) is 5.13 Å². The number of hydrogen-bond donors (Lipinski definition) is 0. The largest absolute Gasteiger partial charge is 0.373 e. The second-order valence-electron chi connectivity index (χ2n) is 8.51. The van der Waals surface area contributed by atoms with Crippen LogP contribution >= 0.6 is 23.6 Å². The monoisotopic (exact) mass is 490 g/mol. The molecule has 4 rings (SSSR count). The third-order valence-corrected chi connectivity index (χ3v) is 9.03. The second-order valence-corrected chi connectivity index (χ2v) is 12.0. The van der Waals surface area contributed by atoms with Gasteiger partial charge in [-0.3, -0.25) is 14.6 Å². The van der Waals surface area contributed by atoms with E-state index in [1.165, 1.54) is 11.3 Å². The molecule has 1 saturated carbocycles. The third-order valence-electron chi connectivity index (χ3n) is 5.76. The van der Waals surface area contributed by atoms with Crippen LogP contribution in [0.3, 0.4) is 0 Å². The Labute approximate surface area is 192 Å². The summed E-state index contributed by atoms with van der Waals surface area (Å²) in [5.74, 6) is -0.0102. The van der Waals surface area contributed by atoms with E-state index in [2.05, 4.69) is 10.00 Å². The first-order valence-electron chi connectivity index (χ1n) is 10.7. The van der Waals surface area contributed by atoms with Gasteiger partial charge in [0.2, 0.25) is 11.0 Å². The van der Waals surface area contributed by atoms with E-state index < -0.39 is 10.2 Å². The SMILES string of the molecule is CC(=O)N(c1nn(CN2CCN(S(=O)(=O)N3CC(C)OC(C)C3)CC2)c(=S)s1)C1CC1. The second kappa shape index (κ2) is 9.12. The van der Waals surface area contributed by atoms with Gasteiger partial charge < -0.3 is 4.74 Å². The molecule has 0 N–H and O–H groups in total. The fourth-order valence-electron chi connectivity index (χ4n) is 4.14. The summed E-state index contributed by atoms with van der Waals surface area (Å²) in [6.45, 7) is 8.67. The summed E-state index contributed by atoms with van der Waals surface area (Å²) < 4.78 is 37.3. The molecule has 0 aromatic carbocycles. The van der Waals surface area contributed by atoms with Crippen molar-refractivity contribution in [1.82, 2.24) is 23.3 Å². The van der Waals surface area contributed by atoms with Crippen LogP contribution in [0.1, 0.15) is 33.6 Å². The van der Waals surface area contributed by atoms with Crippen LogP contribution in [0, 0.1) is 3.95 Å². The van der Waals surface area contributed by atoms with Gasteiger partial charge in [0.15, 0.2) is 3.95 Å². The Morgan fingerprint density at radius 1 is 1.16 bits per heavy atom. The smallest absolute Gasteiger partial charge is 0.282 e. The summed E-state index contributed by atoms with van der Waals surface area (Å²) in [7, 11) is -3.50. The van der Waals surface area contributed by atoms with Crippen molar-refractivity contribution in [2.45, 2.75) is 58.5 Å². The van der Waals surface area contributed by atoms with Crippen molar-refractivity contribution < 1.29 is 17.9 Å². The first-order valence-corrected chi connectivity index (χ1v) is 13.3. The highest BCUT2D eigenvalue weighted by molar-refractivity contribution is 7.86. The van der Waals surface area contributed by atoms with E-state index in [4.69, 9.17) is 17.0 Å². The van der Waals surface area contributed by atoms with Gasteiger partial charge in [-0.1, -0.05) is 11.3 Å². The Hall–Kier alpha value is -0.960. The number of anilines is 1. The average Bonchev–Trinajstić information content (AvgIpc) is 3.45. The maximum absolute atomic E-state index is 13.1. The fourth-order valence-corrected chi connectivity index (χ4v) is 7.08. The summed E-state index contributed by atoms with van der Waals surface area (Å²) in [4.78, 5) is 15.9. The van der Waals surface area contributed by atoms with Gasteiger partial charge in [-0.15, -0.1) is 5.10 Å². The van der Waals surface area contributed by atoms with E-state index in [9.17, 15) is 13.2 Å². The van der Waals surface area contributed by atoms with E-state index in [-0.39, 0.29) is 24.2 Å².